The van der Waals surface area contributed by atoms with Gasteiger partial charge >= 0.3 is 0 Å². The van der Waals surface area contributed by atoms with Gasteiger partial charge < -0.3 is 10.2 Å². The molecule has 2 amide bonds. The molecule has 0 bridgehead atoms. The van der Waals surface area contributed by atoms with E-state index in [1.165, 1.54) is 0 Å². The summed E-state index contributed by atoms with van der Waals surface area (Å²) in [4.78, 5) is 29.3. The van der Waals surface area contributed by atoms with E-state index in [0.29, 0.717) is 37.6 Å². The van der Waals surface area contributed by atoms with Crippen molar-refractivity contribution >= 4 is 44.8 Å². The Balaban J connectivity index is 1.27. The summed E-state index contributed by atoms with van der Waals surface area (Å²) >= 11 is 7.78. The van der Waals surface area contributed by atoms with E-state index in [9.17, 15) is 9.59 Å². The Kier molecular flexibility index (Phi) is 7.22. The Morgan fingerprint density at radius 2 is 1.87 bits per heavy atom. The van der Waals surface area contributed by atoms with Crippen LogP contribution in [0, 0.1) is 0 Å². The van der Waals surface area contributed by atoms with Crippen LogP contribution < -0.4 is 5.32 Å². The molecule has 31 heavy (non-hydrogen) atoms. The average molecular weight is 456 g/mol. The number of rotatable bonds is 6. The van der Waals surface area contributed by atoms with Gasteiger partial charge in [0.1, 0.15) is 0 Å². The Morgan fingerprint density at radius 1 is 1.03 bits per heavy atom. The first-order chi connectivity index (χ1) is 15.1. The van der Waals surface area contributed by atoms with Gasteiger partial charge in [0.15, 0.2) is 0 Å². The number of carbonyl (C=O) groups is 2. The summed E-state index contributed by atoms with van der Waals surface area (Å²) in [5.74, 6) is 0.153. The predicted molar refractivity (Wildman–Crippen MR) is 126 cm³/mol. The van der Waals surface area contributed by atoms with Gasteiger partial charge in [0.25, 0.3) is 0 Å². The van der Waals surface area contributed by atoms with Crippen molar-refractivity contribution in [1.82, 2.24) is 15.1 Å². The molecular weight excluding hydrogens is 430 g/mol. The molecule has 0 spiro atoms. The van der Waals surface area contributed by atoms with Crippen molar-refractivity contribution in [3.63, 3.8) is 0 Å². The molecule has 162 valence electrons. The number of benzene rings is 2. The van der Waals surface area contributed by atoms with E-state index in [-0.39, 0.29) is 11.8 Å². The van der Waals surface area contributed by atoms with E-state index in [1.54, 1.807) is 11.3 Å². The second-order valence-electron chi connectivity index (χ2n) is 7.85. The van der Waals surface area contributed by atoms with Crippen LogP contribution in [0.15, 0.2) is 53.9 Å². The van der Waals surface area contributed by atoms with Gasteiger partial charge in [-0.2, -0.15) is 0 Å². The number of hydrogen-bond donors (Lipinski definition) is 1. The van der Waals surface area contributed by atoms with Crippen LogP contribution in [0.4, 0.5) is 0 Å². The second-order valence-corrected chi connectivity index (χ2v) is 9.20. The minimum Gasteiger partial charge on any atom is -0.351 e. The Morgan fingerprint density at radius 3 is 2.71 bits per heavy atom. The van der Waals surface area contributed by atoms with Gasteiger partial charge in [0, 0.05) is 42.4 Å². The van der Waals surface area contributed by atoms with Crippen LogP contribution in [-0.2, 0) is 22.6 Å². The molecule has 1 fully saturated rings. The number of hydrogen-bond acceptors (Lipinski definition) is 4. The van der Waals surface area contributed by atoms with Gasteiger partial charge in [-0.05, 0) is 46.5 Å². The highest BCUT2D eigenvalue weighted by Crippen LogP contribution is 2.29. The largest absolute Gasteiger partial charge is 0.351 e. The van der Waals surface area contributed by atoms with Crippen LogP contribution >= 0.6 is 22.9 Å². The van der Waals surface area contributed by atoms with Gasteiger partial charge in [-0.15, -0.1) is 11.3 Å². The van der Waals surface area contributed by atoms with E-state index >= 15 is 0 Å². The van der Waals surface area contributed by atoms with Gasteiger partial charge in [-0.25, -0.2) is 0 Å². The summed E-state index contributed by atoms with van der Waals surface area (Å²) < 4.78 is 1.15. The quantitative estimate of drug-likeness (QED) is 0.612. The molecule has 1 saturated heterocycles. The van der Waals surface area contributed by atoms with Crippen molar-refractivity contribution in [3.05, 3.63) is 70.1 Å². The summed E-state index contributed by atoms with van der Waals surface area (Å²) in [5, 5.41) is 6.79. The van der Waals surface area contributed by atoms with Crippen molar-refractivity contribution in [1.29, 1.82) is 0 Å². The third-order valence-electron chi connectivity index (χ3n) is 5.60. The highest BCUT2D eigenvalue weighted by atomic mass is 35.5. The minimum absolute atomic E-state index is 0.0188. The number of carbonyl (C=O) groups excluding carboxylic acids is 2. The van der Waals surface area contributed by atoms with Crippen LogP contribution in [0.5, 0.6) is 0 Å². The maximum absolute atomic E-state index is 12.9. The maximum Gasteiger partial charge on any atom is 0.234 e. The number of nitrogens with one attached hydrogen (secondary N) is 1. The highest BCUT2D eigenvalue weighted by Gasteiger charge is 2.21. The second kappa shape index (κ2) is 10.3. The van der Waals surface area contributed by atoms with Gasteiger partial charge in [-0.3, -0.25) is 14.5 Å². The fraction of sp³-hybridized carbons (Fsp3) is 0.333. The molecule has 4 rings (SSSR count). The Bertz CT molecular complexity index is 1050. The Hall–Kier alpha value is -2.41. The molecule has 7 heteroatoms. The third kappa shape index (κ3) is 5.85. The molecule has 0 atom stereocenters. The lowest BCUT2D eigenvalue weighted by Gasteiger charge is -2.22. The molecule has 5 nitrogen and oxygen atoms in total. The minimum atomic E-state index is 0.0188. The zero-order chi connectivity index (χ0) is 21.6. The van der Waals surface area contributed by atoms with Crippen molar-refractivity contribution in [2.45, 2.75) is 19.4 Å². The molecule has 0 unspecified atom stereocenters. The Labute approximate surface area is 191 Å². The molecule has 0 radical (unpaired) electrons. The number of halogens is 1. The SMILES string of the molecule is O=C(CN1CCCN(C(=O)Cc2csc3ccc(Cl)cc23)CC1)NCc1ccccc1. The molecule has 1 aliphatic rings. The van der Waals surface area contributed by atoms with E-state index in [0.717, 1.165) is 40.7 Å². The topological polar surface area (TPSA) is 52.7 Å². The number of nitrogens with zero attached hydrogens (tertiary/aromatic N) is 2. The lowest BCUT2D eigenvalue weighted by Crippen LogP contribution is -2.40. The highest BCUT2D eigenvalue weighted by molar-refractivity contribution is 7.17. The van der Waals surface area contributed by atoms with Crippen LogP contribution in [0.3, 0.4) is 0 Å². The van der Waals surface area contributed by atoms with Gasteiger partial charge in [-0.1, -0.05) is 41.9 Å². The fourth-order valence-electron chi connectivity index (χ4n) is 3.90. The summed E-state index contributed by atoms with van der Waals surface area (Å²) in [6.45, 7) is 3.80. The van der Waals surface area contributed by atoms with Crippen molar-refractivity contribution in [3.8, 4) is 0 Å². The molecule has 0 aliphatic carbocycles. The molecule has 1 N–H and O–H groups in total. The standard InChI is InChI=1S/C24H26ClN3O2S/c25-20-7-8-22-21(14-20)19(17-31-22)13-24(30)28-10-4-9-27(11-12-28)16-23(29)26-15-18-5-2-1-3-6-18/h1-3,5-8,14,17H,4,9-13,15-16H2,(H,26,29). The zero-order valence-corrected chi connectivity index (χ0v) is 18.9. The van der Waals surface area contributed by atoms with Crippen molar-refractivity contribution < 1.29 is 9.59 Å². The smallest absolute Gasteiger partial charge is 0.234 e. The molecule has 1 aromatic heterocycles. The summed E-state index contributed by atoms with van der Waals surface area (Å²) in [7, 11) is 0. The first kappa shape index (κ1) is 21.8. The van der Waals surface area contributed by atoms with E-state index in [2.05, 4.69) is 15.6 Å². The normalized spacial score (nSPS) is 15.1. The number of thiophene rings is 1. The molecule has 2 aromatic carbocycles. The van der Waals surface area contributed by atoms with E-state index < -0.39 is 0 Å². The lowest BCUT2D eigenvalue weighted by molar-refractivity contribution is -0.130. The van der Waals surface area contributed by atoms with Crippen molar-refractivity contribution in [2.75, 3.05) is 32.7 Å². The van der Waals surface area contributed by atoms with E-state index in [4.69, 9.17) is 11.6 Å². The average Bonchev–Trinajstić information content (AvgIpc) is 3.01. The van der Waals surface area contributed by atoms with E-state index in [1.807, 2.05) is 53.4 Å². The summed E-state index contributed by atoms with van der Waals surface area (Å²) in [6.07, 6.45) is 1.26. The third-order valence-corrected chi connectivity index (χ3v) is 6.85. The summed E-state index contributed by atoms with van der Waals surface area (Å²) in [5.41, 5.74) is 2.12. The van der Waals surface area contributed by atoms with Crippen LogP contribution in [0.25, 0.3) is 10.1 Å². The fourth-order valence-corrected chi connectivity index (χ4v) is 5.01. The molecule has 3 aromatic rings. The van der Waals surface area contributed by atoms with Gasteiger partial charge in [0.2, 0.25) is 11.8 Å². The molecular formula is C24H26ClN3O2S. The van der Waals surface area contributed by atoms with Crippen LogP contribution in [0.1, 0.15) is 17.5 Å². The predicted octanol–water partition coefficient (Wildman–Crippen LogP) is 3.95. The number of fused-ring (bicyclic) bond motifs is 1. The monoisotopic (exact) mass is 455 g/mol. The van der Waals surface area contributed by atoms with Gasteiger partial charge in [0.05, 0.1) is 13.0 Å². The maximum atomic E-state index is 12.9. The first-order valence-corrected chi connectivity index (χ1v) is 11.8. The number of amides is 2. The summed E-state index contributed by atoms with van der Waals surface area (Å²) in [6, 6.07) is 15.7. The zero-order valence-electron chi connectivity index (χ0n) is 17.4. The van der Waals surface area contributed by atoms with Crippen LogP contribution in [0.2, 0.25) is 5.02 Å². The first-order valence-electron chi connectivity index (χ1n) is 10.5. The molecule has 2 heterocycles. The molecule has 1 aliphatic heterocycles. The van der Waals surface area contributed by atoms with Crippen molar-refractivity contribution in [2.24, 2.45) is 0 Å². The van der Waals surface area contributed by atoms with Crippen LogP contribution in [-0.4, -0.2) is 54.3 Å². The molecule has 0 saturated carbocycles. The lowest BCUT2D eigenvalue weighted by atomic mass is 10.1.